The van der Waals surface area contributed by atoms with E-state index in [2.05, 4.69) is 20.6 Å². The number of urea groups is 1. The minimum atomic E-state index is -0.649. The van der Waals surface area contributed by atoms with Gasteiger partial charge in [-0.05, 0) is 25.1 Å². The van der Waals surface area contributed by atoms with Crippen LogP contribution in [0.4, 0.5) is 16.2 Å². The number of benzene rings is 1. The first-order valence-electron chi connectivity index (χ1n) is 8.78. The van der Waals surface area contributed by atoms with E-state index in [0.717, 1.165) is 5.69 Å². The fourth-order valence-electron chi connectivity index (χ4n) is 2.92. The Bertz CT molecular complexity index is 816. The van der Waals surface area contributed by atoms with Gasteiger partial charge in [-0.3, -0.25) is 9.48 Å². The van der Waals surface area contributed by atoms with Crippen molar-refractivity contribution in [3.8, 4) is 0 Å². The van der Waals surface area contributed by atoms with Crippen LogP contribution in [0.2, 0.25) is 5.02 Å². The van der Waals surface area contributed by atoms with Crippen molar-refractivity contribution < 1.29 is 9.59 Å². The van der Waals surface area contributed by atoms with Crippen molar-refractivity contribution in [1.29, 1.82) is 0 Å². The molecule has 1 aromatic heterocycles. The van der Waals surface area contributed by atoms with Gasteiger partial charge in [0.2, 0.25) is 5.91 Å². The van der Waals surface area contributed by atoms with Crippen molar-refractivity contribution in [3.63, 3.8) is 0 Å². The minimum absolute atomic E-state index is 0.241. The van der Waals surface area contributed by atoms with Crippen LogP contribution in [0, 0.1) is 0 Å². The molecule has 144 valence electrons. The molecule has 0 spiro atoms. The lowest BCUT2D eigenvalue weighted by molar-refractivity contribution is -0.117. The lowest BCUT2D eigenvalue weighted by Crippen LogP contribution is -2.54. The fraction of sp³-hybridized carbons (Fsp3) is 0.389. The number of aromatic nitrogens is 2. The zero-order valence-corrected chi connectivity index (χ0v) is 16.1. The summed E-state index contributed by atoms with van der Waals surface area (Å²) >= 11 is 6.05. The normalized spacial score (nSPS) is 15.4. The summed E-state index contributed by atoms with van der Waals surface area (Å²) in [6.07, 6.45) is 3.25. The van der Waals surface area contributed by atoms with Crippen LogP contribution >= 0.6 is 11.6 Å². The number of aryl methyl sites for hydroxylation is 1. The summed E-state index contributed by atoms with van der Waals surface area (Å²) in [6.45, 7) is 4.24. The van der Waals surface area contributed by atoms with Gasteiger partial charge in [-0.1, -0.05) is 17.7 Å². The highest BCUT2D eigenvalue weighted by Crippen LogP contribution is 2.20. The Kier molecular flexibility index (Phi) is 5.85. The number of carbonyl (C=O) groups is 2. The molecule has 0 aliphatic carbocycles. The molecule has 9 heteroatoms. The van der Waals surface area contributed by atoms with Gasteiger partial charge in [0.05, 0.1) is 11.9 Å². The summed E-state index contributed by atoms with van der Waals surface area (Å²) in [7, 11) is 1.77. The first kappa shape index (κ1) is 19.0. The SMILES string of the molecule is CC(NC(=O)N1CCN(c2cccc(Cl)c2)CC1)C(=O)Nc1cnn(C)c1. The average Bonchev–Trinajstić information content (AvgIpc) is 3.06. The van der Waals surface area contributed by atoms with Crippen LogP contribution in [-0.2, 0) is 11.8 Å². The highest BCUT2D eigenvalue weighted by Gasteiger charge is 2.24. The van der Waals surface area contributed by atoms with Gasteiger partial charge in [-0.2, -0.15) is 5.10 Å². The molecule has 1 saturated heterocycles. The van der Waals surface area contributed by atoms with E-state index in [1.165, 1.54) is 0 Å². The van der Waals surface area contributed by atoms with Crippen LogP contribution in [-0.4, -0.2) is 58.8 Å². The van der Waals surface area contributed by atoms with Gasteiger partial charge < -0.3 is 20.4 Å². The summed E-state index contributed by atoms with van der Waals surface area (Å²) in [5, 5.41) is 10.2. The van der Waals surface area contributed by atoms with E-state index in [1.54, 1.807) is 35.9 Å². The van der Waals surface area contributed by atoms with E-state index in [-0.39, 0.29) is 11.9 Å². The lowest BCUT2D eigenvalue weighted by atomic mass is 10.2. The van der Waals surface area contributed by atoms with E-state index in [9.17, 15) is 9.59 Å². The summed E-state index contributed by atoms with van der Waals surface area (Å²) in [5.41, 5.74) is 1.64. The van der Waals surface area contributed by atoms with Crippen LogP contribution in [0.25, 0.3) is 0 Å². The van der Waals surface area contributed by atoms with Crippen molar-refractivity contribution in [2.75, 3.05) is 36.4 Å². The van der Waals surface area contributed by atoms with Crippen molar-refractivity contribution in [3.05, 3.63) is 41.7 Å². The zero-order chi connectivity index (χ0) is 19.4. The molecule has 2 heterocycles. The standard InChI is InChI=1S/C18H23ClN6O2/c1-13(17(26)22-15-11-20-23(2)12-15)21-18(27)25-8-6-24(7-9-25)16-5-3-4-14(19)10-16/h3-5,10-13H,6-9H2,1-2H3,(H,21,27)(H,22,26). The molecule has 1 fully saturated rings. The van der Waals surface area contributed by atoms with E-state index < -0.39 is 6.04 Å². The first-order valence-corrected chi connectivity index (χ1v) is 9.15. The maximum absolute atomic E-state index is 12.4. The van der Waals surface area contributed by atoms with Crippen molar-refractivity contribution in [1.82, 2.24) is 20.0 Å². The monoisotopic (exact) mass is 390 g/mol. The lowest BCUT2D eigenvalue weighted by Gasteiger charge is -2.36. The molecule has 1 aliphatic rings. The Morgan fingerprint density at radius 3 is 2.59 bits per heavy atom. The topological polar surface area (TPSA) is 82.5 Å². The second-order valence-electron chi connectivity index (χ2n) is 6.52. The third kappa shape index (κ3) is 4.91. The number of hydrogen-bond acceptors (Lipinski definition) is 4. The van der Waals surface area contributed by atoms with Gasteiger partial charge in [0, 0.05) is 50.1 Å². The number of halogens is 1. The number of amides is 3. The Balaban J connectivity index is 1.48. The molecule has 0 radical (unpaired) electrons. The molecule has 1 aliphatic heterocycles. The minimum Gasteiger partial charge on any atom is -0.368 e. The number of piperazine rings is 1. The van der Waals surface area contributed by atoms with Crippen LogP contribution in [0.15, 0.2) is 36.7 Å². The zero-order valence-electron chi connectivity index (χ0n) is 15.4. The number of anilines is 2. The maximum atomic E-state index is 12.4. The molecule has 27 heavy (non-hydrogen) atoms. The van der Waals surface area contributed by atoms with Gasteiger partial charge in [0.25, 0.3) is 0 Å². The number of nitrogens with zero attached hydrogens (tertiary/aromatic N) is 4. The number of nitrogens with one attached hydrogen (secondary N) is 2. The molecule has 2 N–H and O–H groups in total. The van der Waals surface area contributed by atoms with Crippen molar-refractivity contribution >= 4 is 34.9 Å². The summed E-state index contributed by atoms with van der Waals surface area (Å²) in [5.74, 6) is -0.283. The molecule has 3 amide bonds. The molecular weight excluding hydrogens is 368 g/mol. The Morgan fingerprint density at radius 1 is 1.22 bits per heavy atom. The van der Waals surface area contributed by atoms with Gasteiger partial charge in [-0.15, -0.1) is 0 Å². The van der Waals surface area contributed by atoms with E-state index in [1.807, 2.05) is 24.3 Å². The summed E-state index contributed by atoms with van der Waals surface area (Å²) in [6, 6.07) is 6.79. The quantitative estimate of drug-likeness (QED) is 0.835. The van der Waals surface area contributed by atoms with Crippen LogP contribution < -0.4 is 15.5 Å². The van der Waals surface area contributed by atoms with Crippen LogP contribution in [0.3, 0.4) is 0 Å². The number of rotatable bonds is 4. The first-order chi connectivity index (χ1) is 12.9. The predicted molar refractivity (Wildman–Crippen MR) is 105 cm³/mol. The summed E-state index contributed by atoms with van der Waals surface area (Å²) < 4.78 is 1.60. The predicted octanol–water partition coefficient (Wildman–Crippen LogP) is 1.93. The molecule has 2 aromatic rings. The molecule has 1 atom stereocenters. The Morgan fingerprint density at radius 2 is 1.96 bits per heavy atom. The number of carbonyl (C=O) groups excluding carboxylic acids is 2. The van der Waals surface area contributed by atoms with Crippen LogP contribution in [0.1, 0.15) is 6.92 Å². The molecule has 0 bridgehead atoms. The third-order valence-electron chi connectivity index (χ3n) is 4.45. The second-order valence-corrected chi connectivity index (χ2v) is 6.95. The molecule has 0 saturated carbocycles. The van der Waals surface area contributed by atoms with Crippen LogP contribution in [0.5, 0.6) is 0 Å². The molecule has 1 aromatic carbocycles. The second kappa shape index (κ2) is 8.30. The number of hydrogen-bond donors (Lipinski definition) is 2. The van der Waals surface area contributed by atoms with E-state index >= 15 is 0 Å². The summed E-state index contributed by atoms with van der Waals surface area (Å²) in [4.78, 5) is 28.6. The Hall–Kier alpha value is -2.74. The van der Waals surface area contributed by atoms with E-state index in [4.69, 9.17) is 11.6 Å². The van der Waals surface area contributed by atoms with Crippen molar-refractivity contribution in [2.24, 2.45) is 7.05 Å². The highest BCUT2D eigenvalue weighted by atomic mass is 35.5. The molecule has 1 unspecified atom stereocenters. The molecule has 3 rings (SSSR count). The molecule has 8 nitrogen and oxygen atoms in total. The van der Waals surface area contributed by atoms with Gasteiger partial charge >= 0.3 is 6.03 Å². The van der Waals surface area contributed by atoms with Crippen molar-refractivity contribution in [2.45, 2.75) is 13.0 Å². The van der Waals surface area contributed by atoms with Gasteiger partial charge in [0.15, 0.2) is 0 Å². The largest absolute Gasteiger partial charge is 0.368 e. The van der Waals surface area contributed by atoms with E-state index in [0.29, 0.717) is 36.9 Å². The Labute approximate surface area is 163 Å². The fourth-order valence-corrected chi connectivity index (χ4v) is 3.10. The smallest absolute Gasteiger partial charge is 0.318 e. The van der Waals surface area contributed by atoms with Gasteiger partial charge in [-0.25, -0.2) is 4.79 Å². The van der Waals surface area contributed by atoms with Gasteiger partial charge in [0.1, 0.15) is 6.04 Å². The maximum Gasteiger partial charge on any atom is 0.318 e. The highest BCUT2D eigenvalue weighted by molar-refractivity contribution is 6.30. The third-order valence-corrected chi connectivity index (χ3v) is 4.68. The molecular formula is C18H23ClN6O2. The average molecular weight is 391 g/mol.